The van der Waals surface area contributed by atoms with Crippen molar-refractivity contribution in [1.29, 1.82) is 0 Å². The number of aliphatic imine (C=N–C) groups is 1. The molecule has 5 heteroatoms. The molecule has 114 valence electrons. The molecular weight excluding hydrogens is 250 g/mol. The highest BCUT2D eigenvalue weighted by molar-refractivity contribution is 5.79. The Labute approximate surface area is 123 Å². The summed E-state index contributed by atoms with van der Waals surface area (Å²) in [5.74, 6) is 1.38. The minimum absolute atomic E-state index is 0.440. The number of hydrogen-bond acceptors (Lipinski definition) is 2. The average Bonchev–Trinajstić information content (AvgIpc) is 2.75. The van der Waals surface area contributed by atoms with Crippen LogP contribution in [0.15, 0.2) is 11.2 Å². The first-order valence-corrected chi connectivity index (χ1v) is 7.43. The Bertz CT molecular complexity index is 433. The number of nitrogens with zero attached hydrogens (tertiary/aromatic N) is 4. The van der Waals surface area contributed by atoms with E-state index in [2.05, 4.69) is 54.3 Å². The highest BCUT2D eigenvalue weighted by Gasteiger charge is 2.14. The summed E-state index contributed by atoms with van der Waals surface area (Å²) in [5, 5.41) is 7.95. The molecule has 1 aromatic heterocycles. The highest BCUT2D eigenvalue weighted by Crippen LogP contribution is 2.18. The molecule has 20 heavy (non-hydrogen) atoms. The number of aromatic nitrogens is 2. The highest BCUT2D eigenvalue weighted by atomic mass is 15.3. The fraction of sp³-hybridized carbons (Fsp3) is 0.733. The summed E-state index contributed by atoms with van der Waals surface area (Å²) in [6.07, 6.45) is 4.45. The summed E-state index contributed by atoms with van der Waals surface area (Å²) in [7, 11) is 5.87. The molecule has 0 amide bonds. The minimum atomic E-state index is 0.440. The summed E-state index contributed by atoms with van der Waals surface area (Å²) in [6.45, 7) is 8.35. The Kier molecular flexibility index (Phi) is 6.55. The lowest BCUT2D eigenvalue weighted by Gasteiger charge is -2.22. The van der Waals surface area contributed by atoms with Crippen molar-refractivity contribution in [2.24, 2.45) is 12.0 Å². The maximum Gasteiger partial charge on any atom is 0.193 e. The molecule has 0 atom stereocenters. The quantitative estimate of drug-likeness (QED) is 0.494. The summed E-state index contributed by atoms with van der Waals surface area (Å²) >= 11 is 0. The number of rotatable bonds is 6. The van der Waals surface area contributed by atoms with Gasteiger partial charge in [0.25, 0.3) is 0 Å². The molecule has 0 aromatic carbocycles. The number of unbranched alkanes of at least 4 members (excludes halogenated alkanes) is 1. The van der Waals surface area contributed by atoms with Gasteiger partial charge in [0.1, 0.15) is 0 Å². The molecular formula is C15H29N5. The maximum absolute atomic E-state index is 4.55. The topological polar surface area (TPSA) is 45.5 Å². The fourth-order valence-electron chi connectivity index (χ4n) is 2.25. The standard InChI is InChI=1S/C15H29N5/c1-7-8-9-17-15(16-4)19(5)10-13-11-20(6)18-14(13)12(2)3/h11-12H,7-10H2,1-6H3,(H,16,17). The Balaban J connectivity index is 2.71. The third kappa shape index (κ3) is 4.54. The van der Waals surface area contributed by atoms with E-state index in [1.54, 1.807) is 0 Å². The molecule has 0 unspecified atom stereocenters. The lowest BCUT2D eigenvalue weighted by atomic mass is 10.1. The monoisotopic (exact) mass is 279 g/mol. The van der Waals surface area contributed by atoms with E-state index in [0.717, 1.165) is 25.5 Å². The molecule has 0 spiro atoms. The van der Waals surface area contributed by atoms with Crippen molar-refractivity contribution in [2.45, 2.75) is 46.1 Å². The predicted molar refractivity (Wildman–Crippen MR) is 85.0 cm³/mol. The van der Waals surface area contributed by atoms with Crippen LogP contribution in [0.4, 0.5) is 0 Å². The third-order valence-electron chi connectivity index (χ3n) is 3.28. The third-order valence-corrected chi connectivity index (χ3v) is 3.28. The minimum Gasteiger partial charge on any atom is -0.356 e. The summed E-state index contributed by atoms with van der Waals surface area (Å²) < 4.78 is 1.89. The molecule has 0 saturated carbocycles. The maximum atomic E-state index is 4.55. The fourth-order valence-corrected chi connectivity index (χ4v) is 2.25. The number of nitrogens with one attached hydrogen (secondary N) is 1. The zero-order valence-electron chi connectivity index (χ0n) is 13.8. The van der Waals surface area contributed by atoms with Gasteiger partial charge in [-0.05, 0) is 12.3 Å². The van der Waals surface area contributed by atoms with Crippen LogP contribution in [-0.2, 0) is 13.6 Å². The Morgan fingerprint density at radius 2 is 2.20 bits per heavy atom. The predicted octanol–water partition coefficient (Wildman–Crippen LogP) is 2.35. The van der Waals surface area contributed by atoms with E-state index in [1.165, 1.54) is 17.7 Å². The molecule has 0 radical (unpaired) electrons. The Hall–Kier alpha value is -1.52. The molecule has 0 saturated heterocycles. The van der Waals surface area contributed by atoms with Gasteiger partial charge in [0.15, 0.2) is 5.96 Å². The molecule has 1 rings (SSSR count). The van der Waals surface area contributed by atoms with Crippen molar-refractivity contribution in [3.63, 3.8) is 0 Å². The second kappa shape index (κ2) is 7.92. The van der Waals surface area contributed by atoms with Crippen LogP contribution in [0, 0.1) is 0 Å². The van der Waals surface area contributed by atoms with Gasteiger partial charge in [0.2, 0.25) is 0 Å². The molecule has 0 bridgehead atoms. The Morgan fingerprint density at radius 3 is 2.75 bits per heavy atom. The molecule has 5 nitrogen and oxygen atoms in total. The first-order valence-electron chi connectivity index (χ1n) is 7.43. The summed E-state index contributed by atoms with van der Waals surface area (Å²) in [6, 6.07) is 0. The van der Waals surface area contributed by atoms with Crippen molar-refractivity contribution in [2.75, 3.05) is 20.6 Å². The normalized spacial score (nSPS) is 12.1. The average molecular weight is 279 g/mol. The second-order valence-electron chi connectivity index (χ2n) is 5.55. The first-order chi connectivity index (χ1) is 9.49. The summed E-state index contributed by atoms with van der Waals surface area (Å²) in [5.41, 5.74) is 2.44. The van der Waals surface area contributed by atoms with Gasteiger partial charge in [-0.15, -0.1) is 0 Å². The van der Waals surface area contributed by atoms with E-state index in [0.29, 0.717) is 5.92 Å². The van der Waals surface area contributed by atoms with Crippen LogP contribution >= 0.6 is 0 Å². The van der Waals surface area contributed by atoms with Crippen molar-refractivity contribution in [3.05, 3.63) is 17.5 Å². The molecule has 1 N–H and O–H groups in total. The van der Waals surface area contributed by atoms with Gasteiger partial charge in [-0.1, -0.05) is 27.2 Å². The van der Waals surface area contributed by atoms with Crippen molar-refractivity contribution in [1.82, 2.24) is 20.0 Å². The SMILES string of the molecule is CCCCNC(=NC)N(C)Cc1cn(C)nc1C(C)C. The van der Waals surface area contributed by atoms with Crippen LogP contribution in [-0.4, -0.2) is 41.3 Å². The van der Waals surface area contributed by atoms with Crippen LogP contribution < -0.4 is 5.32 Å². The molecule has 1 heterocycles. The van der Waals surface area contributed by atoms with E-state index in [-0.39, 0.29) is 0 Å². The lowest BCUT2D eigenvalue weighted by Crippen LogP contribution is -2.39. The van der Waals surface area contributed by atoms with Crippen LogP contribution in [0.3, 0.4) is 0 Å². The number of aryl methyl sites for hydroxylation is 1. The van der Waals surface area contributed by atoms with E-state index >= 15 is 0 Å². The van der Waals surface area contributed by atoms with Gasteiger partial charge in [-0.2, -0.15) is 5.10 Å². The molecule has 0 aliphatic rings. The Morgan fingerprint density at radius 1 is 1.50 bits per heavy atom. The van der Waals surface area contributed by atoms with Gasteiger partial charge in [0, 0.05) is 46.0 Å². The van der Waals surface area contributed by atoms with Crippen molar-refractivity contribution in [3.8, 4) is 0 Å². The van der Waals surface area contributed by atoms with Crippen LogP contribution in [0.1, 0.15) is 50.8 Å². The van der Waals surface area contributed by atoms with Crippen LogP contribution in [0.25, 0.3) is 0 Å². The van der Waals surface area contributed by atoms with E-state index < -0.39 is 0 Å². The van der Waals surface area contributed by atoms with E-state index in [9.17, 15) is 0 Å². The zero-order chi connectivity index (χ0) is 15.1. The van der Waals surface area contributed by atoms with Gasteiger partial charge >= 0.3 is 0 Å². The number of guanidine groups is 1. The molecule has 0 fully saturated rings. The van der Waals surface area contributed by atoms with Crippen LogP contribution in [0.2, 0.25) is 0 Å². The molecule has 1 aromatic rings. The van der Waals surface area contributed by atoms with Gasteiger partial charge in [-0.25, -0.2) is 0 Å². The number of hydrogen-bond donors (Lipinski definition) is 1. The van der Waals surface area contributed by atoms with Gasteiger partial charge in [0.05, 0.1) is 5.69 Å². The molecule has 0 aliphatic carbocycles. The largest absolute Gasteiger partial charge is 0.356 e. The first kappa shape index (κ1) is 16.5. The zero-order valence-corrected chi connectivity index (χ0v) is 13.8. The smallest absolute Gasteiger partial charge is 0.193 e. The van der Waals surface area contributed by atoms with Gasteiger partial charge < -0.3 is 10.2 Å². The second-order valence-corrected chi connectivity index (χ2v) is 5.55. The lowest BCUT2D eigenvalue weighted by molar-refractivity contribution is 0.472. The van der Waals surface area contributed by atoms with Crippen LogP contribution in [0.5, 0.6) is 0 Å². The van der Waals surface area contributed by atoms with Crippen molar-refractivity contribution < 1.29 is 0 Å². The van der Waals surface area contributed by atoms with Gasteiger partial charge in [-0.3, -0.25) is 9.67 Å². The molecule has 0 aliphatic heterocycles. The summed E-state index contributed by atoms with van der Waals surface area (Å²) in [4.78, 5) is 6.49. The van der Waals surface area contributed by atoms with Crippen molar-refractivity contribution >= 4 is 5.96 Å². The van der Waals surface area contributed by atoms with E-state index in [1.807, 2.05) is 18.8 Å². The van der Waals surface area contributed by atoms with E-state index in [4.69, 9.17) is 0 Å².